The number of carbonyl (C=O) groups excluding carboxylic acids is 2. The number of anilines is 1. The Kier molecular flexibility index (Phi) is 5.12. The van der Waals surface area contributed by atoms with Gasteiger partial charge in [0.25, 0.3) is 5.91 Å². The third-order valence-corrected chi connectivity index (χ3v) is 3.36. The number of benzene rings is 1. The zero-order valence-electron chi connectivity index (χ0n) is 11.7. The van der Waals surface area contributed by atoms with E-state index < -0.39 is 0 Å². The van der Waals surface area contributed by atoms with E-state index in [9.17, 15) is 9.59 Å². The monoisotopic (exact) mass is 275 g/mol. The first-order valence-corrected chi connectivity index (χ1v) is 7.10. The molecule has 0 saturated carbocycles. The van der Waals surface area contributed by atoms with Crippen LogP contribution in [-0.4, -0.2) is 31.4 Å². The fraction of sp³-hybridized carbons (Fsp3) is 0.467. The normalized spacial score (nSPS) is 17.8. The molecule has 20 heavy (non-hydrogen) atoms. The maximum absolute atomic E-state index is 12.0. The summed E-state index contributed by atoms with van der Waals surface area (Å²) in [6.45, 7) is 4.27. The minimum Gasteiger partial charge on any atom is -0.352 e. The molecular formula is C15H21N3O2. The lowest BCUT2D eigenvalue weighted by Gasteiger charge is -2.11. The summed E-state index contributed by atoms with van der Waals surface area (Å²) in [7, 11) is 0. The Morgan fingerprint density at radius 1 is 1.40 bits per heavy atom. The molecule has 1 aliphatic heterocycles. The molecule has 1 aliphatic rings. The van der Waals surface area contributed by atoms with Gasteiger partial charge in [0.05, 0.1) is 5.92 Å². The van der Waals surface area contributed by atoms with E-state index in [1.54, 1.807) is 24.3 Å². The molecule has 1 unspecified atom stereocenters. The molecule has 1 atom stereocenters. The molecule has 5 nitrogen and oxygen atoms in total. The van der Waals surface area contributed by atoms with Gasteiger partial charge >= 0.3 is 0 Å². The molecule has 1 aromatic rings. The van der Waals surface area contributed by atoms with E-state index in [-0.39, 0.29) is 17.7 Å². The predicted octanol–water partition coefficient (Wildman–Crippen LogP) is 1.37. The quantitative estimate of drug-likeness (QED) is 0.760. The molecule has 1 aromatic carbocycles. The van der Waals surface area contributed by atoms with Crippen molar-refractivity contribution in [2.45, 2.75) is 19.8 Å². The smallest absolute Gasteiger partial charge is 0.251 e. The van der Waals surface area contributed by atoms with E-state index in [1.807, 2.05) is 6.92 Å². The molecule has 1 fully saturated rings. The van der Waals surface area contributed by atoms with Crippen LogP contribution in [0.5, 0.6) is 0 Å². The zero-order valence-corrected chi connectivity index (χ0v) is 11.7. The Hall–Kier alpha value is -1.88. The third-order valence-electron chi connectivity index (χ3n) is 3.36. The molecule has 108 valence electrons. The van der Waals surface area contributed by atoms with Gasteiger partial charge in [-0.3, -0.25) is 9.59 Å². The Bertz CT molecular complexity index is 482. The van der Waals surface area contributed by atoms with Crippen LogP contribution in [0.1, 0.15) is 30.1 Å². The van der Waals surface area contributed by atoms with Crippen molar-refractivity contribution < 1.29 is 9.59 Å². The molecule has 0 bridgehead atoms. The van der Waals surface area contributed by atoms with Crippen molar-refractivity contribution >= 4 is 17.5 Å². The largest absolute Gasteiger partial charge is 0.352 e. The second-order valence-electron chi connectivity index (χ2n) is 5.02. The Morgan fingerprint density at radius 3 is 2.95 bits per heavy atom. The number of hydrogen-bond acceptors (Lipinski definition) is 3. The predicted molar refractivity (Wildman–Crippen MR) is 78.7 cm³/mol. The molecule has 2 amide bonds. The van der Waals surface area contributed by atoms with E-state index in [1.165, 1.54) is 0 Å². The first-order valence-electron chi connectivity index (χ1n) is 7.10. The van der Waals surface area contributed by atoms with Gasteiger partial charge in [-0.25, -0.2) is 0 Å². The molecular weight excluding hydrogens is 254 g/mol. The summed E-state index contributed by atoms with van der Waals surface area (Å²) in [4.78, 5) is 23.9. The van der Waals surface area contributed by atoms with Crippen LogP contribution in [0, 0.1) is 5.92 Å². The minimum absolute atomic E-state index is 0.0149. The average molecular weight is 275 g/mol. The highest BCUT2D eigenvalue weighted by Crippen LogP contribution is 2.14. The van der Waals surface area contributed by atoms with Gasteiger partial charge < -0.3 is 16.0 Å². The zero-order chi connectivity index (χ0) is 14.4. The van der Waals surface area contributed by atoms with Crippen LogP contribution in [0.25, 0.3) is 0 Å². The highest BCUT2D eigenvalue weighted by molar-refractivity contribution is 5.97. The SMILES string of the molecule is CCCNC(=O)c1cccc(NC(=O)C2CCNC2)c1. The van der Waals surface area contributed by atoms with Crippen molar-refractivity contribution in [3.63, 3.8) is 0 Å². The first-order chi connectivity index (χ1) is 9.70. The van der Waals surface area contributed by atoms with E-state index in [4.69, 9.17) is 0 Å². The number of rotatable bonds is 5. The van der Waals surface area contributed by atoms with Crippen LogP contribution in [0.4, 0.5) is 5.69 Å². The maximum Gasteiger partial charge on any atom is 0.251 e. The van der Waals surface area contributed by atoms with Crippen molar-refractivity contribution in [2.24, 2.45) is 5.92 Å². The molecule has 5 heteroatoms. The van der Waals surface area contributed by atoms with Crippen molar-refractivity contribution in [3.05, 3.63) is 29.8 Å². The van der Waals surface area contributed by atoms with E-state index in [0.717, 1.165) is 25.9 Å². The van der Waals surface area contributed by atoms with Gasteiger partial charge in [0.15, 0.2) is 0 Å². The highest BCUT2D eigenvalue weighted by Gasteiger charge is 2.22. The lowest BCUT2D eigenvalue weighted by Crippen LogP contribution is -2.26. The topological polar surface area (TPSA) is 70.2 Å². The number of carbonyl (C=O) groups is 2. The first kappa shape index (κ1) is 14.5. The van der Waals surface area contributed by atoms with Gasteiger partial charge in [0, 0.05) is 24.3 Å². The summed E-state index contributed by atoms with van der Waals surface area (Å²) in [5.41, 5.74) is 1.24. The Balaban J connectivity index is 1.98. The molecule has 3 N–H and O–H groups in total. The Labute approximate surface area is 119 Å². The lowest BCUT2D eigenvalue weighted by atomic mass is 10.1. The number of amides is 2. The number of hydrogen-bond donors (Lipinski definition) is 3. The van der Waals surface area contributed by atoms with Crippen LogP contribution in [0.15, 0.2) is 24.3 Å². The van der Waals surface area contributed by atoms with Crippen molar-refractivity contribution in [2.75, 3.05) is 25.0 Å². The standard InChI is InChI=1S/C15H21N3O2/c1-2-7-17-14(19)11-4-3-5-13(9-11)18-15(20)12-6-8-16-10-12/h3-5,9,12,16H,2,6-8,10H2,1H3,(H,17,19)(H,18,20). The van der Waals surface area contributed by atoms with Crippen LogP contribution in [0.3, 0.4) is 0 Å². The third kappa shape index (κ3) is 3.81. The molecule has 1 saturated heterocycles. The fourth-order valence-electron chi connectivity index (χ4n) is 2.20. The van der Waals surface area contributed by atoms with Gasteiger partial charge in [-0.15, -0.1) is 0 Å². The van der Waals surface area contributed by atoms with E-state index in [0.29, 0.717) is 17.8 Å². The summed E-state index contributed by atoms with van der Waals surface area (Å²) in [6.07, 6.45) is 1.76. The van der Waals surface area contributed by atoms with Gasteiger partial charge in [-0.05, 0) is 37.6 Å². The molecule has 0 aromatic heterocycles. The molecule has 0 aliphatic carbocycles. The highest BCUT2D eigenvalue weighted by atomic mass is 16.2. The van der Waals surface area contributed by atoms with Crippen LogP contribution in [-0.2, 0) is 4.79 Å². The minimum atomic E-state index is -0.106. The van der Waals surface area contributed by atoms with E-state index >= 15 is 0 Å². The van der Waals surface area contributed by atoms with Crippen molar-refractivity contribution in [1.29, 1.82) is 0 Å². The molecule has 2 rings (SSSR count). The maximum atomic E-state index is 12.0. The summed E-state index contributed by atoms with van der Waals surface area (Å²) in [6, 6.07) is 7.04. The van der Waals surface area contributed by atoms with Crippen LogP contribution < -0.4 is 16.0 Å². The van der Waals surface area contributed by atoms with Crippen molar-refractivity contribution in [1.82, 2.24) is 10.6 Å². The average Bonchev–Trinajstić information content (AvgIpc) is 2.99. The number of nitrogens with one attached hydrogen (secondary N) is 3. The van der Waals surface area contributed by atoms with Crippen LogP contribution in [0.2, 0.25) is 0 Å². The van der Waals surface area contributed by atoms with Gasteiger partial charge in [0.1, 0.15) is 0 Å². The molecule has 1 heterocycles. The lowest BCUT2D eigenvalue weighted by molar-refractivity contribution is -0.119. The van der Waals surface area contributed by atoms with Crippen molar-refractivity contribution in [3.8, 4) is 0 Å². The van der Waals surface area contributed by atoms with Gasteiger partial charge in [-0.1, -0.05) is 13.0 Å². The fourth-order valence-corrected chi connectivity index (χ4v) is 2.20. The summed E-state index contributed by atoms with van der Waals surface area (Å²) in [5.74, 6) is -0.0702. The van der Waals surface area contributed by atoms with Gasteiger partial charge in [0.2, 0.25) is 5.91 Å². The van der Waals surface area contributed by atoms with Gasteiger partial charge in [-0.2, -0.15) is 0 Å². The Morgan fingerprint density at radius 2 is 2.25 bits per heavy atom. The van der Waals surface area contributed by atoms with E-state index in [2.05, 4.69) is 16.0 Å². The second-order valence-corrected chi connectivity index (χ2v) is 5.02. The summed E-state index contributed by atoms with van der Waals surface area (Å²) >= 11 is 0. The molecule has 0 radical (unpaired) electrons. The van der Waals surface area contributed by atoms with Crippen LogP contribution >= 0.6 is 0 Å². The summed E-state index contributed by atoms with van der Waals surface area (Å²) < 4.78 is 0. The second kappa shape index (κ2) is 7.05. The molecule has 0 spiro atoms. The summed E-state index contributed by atoms with van der Waals surface area (Å²) in [5, 5.41) is 8.87.